The fraction of sp³-hybridized carbons (Fsp3) is 0.778. The Bertz CT molecular complexity index is 436. The molecule has 1 aliphatic carbocycles. The van der Waals surface area contributed by atoms with Crippen molar-refractivity contribution in [2.45, 2.75) is 52.0 Å². The second-order valence-corrected chi connectivity index (χ2v) is 7.07. The third-order valence-corrected chi connectivity index (χ3v) is 4.99. The van der Waals surface area contributed by atoms with Crippen molar-refractivity contribution < 1.29 is 4.42 Å². The van der Waals surface area contributed by atoms with Gasteiger partial charge in [0.05, 0.1) is 6.54 Å². The first kappa shape index (κ1) is 15.1. The third kappa shape index (κ3) is 4.10. The van der Waals surface area contributed by atoms with E-state index in [2.05, 4.69) is 36.2 Å². The summed E-state index contributed by atoms with van der Waals surface area (Å²) in [6.07, 6.45) is 5.22. The van der Waals surface area contributed by atoms with Crippen LogP contribution in [0.3, 0.4) is 0 Å². The lowest BCUT2D eigenvalue weighted by molar-refractivity contribution is 0.188. The summed E-state index contributed by atoms with van der Waals surface area (Å²) < 4.78 is 6.09. The Hall–Kier alpha value is -0.800. The average Bonchev–Trinajstić information content (AvgIpc) is 3.03. The highest BCUT2D eigenvalue weighted by molar-refractivity contribution is 5.17. The second kappa shape index (κ2) is 6.97. The molecular weight excluding hydrogens is 260 g/mol. The molecule has 3 atom stereocenters. The van der Waals surface area contributed by atoms with E-state index in [1.54, 1.807) is 0 Å². The molecule has 1 aromatic heterocycles. The summed E-state index contributed by atoms with van der Waals surface area (Å²) in [5.74, 6) is 4.70. The maximum Gasteiger partial charge on any atom is 0.118 e. The van der Waals surface area contributed by atoms with E-state index in [4.69, 9.17) is 4.42 Å². The van der Waals surface area contributed by atoms with Gasteiger partial charge in [-0.05, 0) is 69.3 Å². The number of nitrogens with zero attached hydrogens (tertiary/aromatic N) is 1. The van der Waals surface area contributed by atoms with E-state index in [-0.39, 0.29) is 0 Å². The zero-order valence-corrected chi connectivity index (χ0v) is 13.6. The van der Waals surface area contributed by atoms with Gasteiger partial charge in [0.2, 0.25) is 0 Å². The van der Waals surface area contributed by atoms with Crippen LogP contribution in [-0.4, -0.2) is 31.1 Å². The lowest BCUT2D eigenvalue weighted by Gasteiger charge is -2.29. The van der Waals surface area contributed by atoms with E-state index in [0.717, 1.165) is 24.1 Å². The van der Waals surface area contributed by atoms with E-state index in [9.17, 15) is 0 Å². The molecule has 1 saturated carbocycles. The van der Waals surface area contributed by atoms with E-state index < -0.39 is 0 Å². The molecule has 0 amide bonds. The first-order valence-corrected chi connectivity index (χ1v) is 8.78. The van der Waals surface area contributed by atoms with Crippen molar-refractivity contribution in [3.63, 3.8) is 0 Å². The Kier molecular flexibility index (Phi) is 5.02. The maximum atomic E-state index is 6.09. The Morgan fingerprint density at radius 3 is 2.90 bits per heavy atom. The van der Waals surface area contributed by atoms with Gasteiger partial charge in [-0.15, -0.1) is 0 Å². The van der Waals surface area contributed by atoms with Crippen molar-refractivity contribution in [2.75, 3.05) is 26.2 Å². The smallest absolute Gasteiger partial charge is 0.118 e. The molecule has 3 nitrogen and oxygen atoms in total. The minimum Gasteiger partial charge on any atom is -0.464 e. The number of hydrogen-bond donors (Lipinski definition) is 1. The SMILES string of the molecule is CCCN(Cc1ccc(C2CC2C)o1)CC1CCCNC1. The van der Waals surface area contributed by atoms with E-state index >= 15 is 0 Å². The van der Waals surface area contributed by atoms with Gasteiger partial charge in [0.1, 0.15) is 11.5 Å². The minimum absolute atomic E-state index is 0.695. The first-order valence-electron chi connectivity index (χ1n) is 8.78. The van der Waals surface area contributed by atoms with Gasteiger partial charge in [0.15, 0.2) is 0 Å². The van der Waals surface area contributed by atoms with Gasteiger partial charge in [-0.2, -0.15) is 0 Å². The molecular formula is C18H30N2O. The summed E-state index contributed by atoms with van der Waals surface area (Å²) in [5.41, 5.74) is 0. The van der Waals surface area contributed by atoms with Crippen LogP contribution in [0.1, 0.15) is 57.0 Å². The van der Waals surface area contributed by atoms with Crippen LogP contribution in [0.25, 0.3) is 0 Å². The van der Waals surface area contributed by atoms with Gasteiger partial charge in [0.25, 0.3) is 0 Å². The maximum absolute atomic E-state index is 6.09. The lowest BCUT2D eigenvalue weighted by Crippen LogP contribution is -2.38. The van der Waals surface area contributed by atoms with Crippen LogP contribution in [0.2, 0.25) is 0 Å². The molecule has 1 saturated heterocycles. The molecule has 3 unspecified atom stereocenters. The van der Waals surface area contributed by atoms with Crippen LogP contribution in [0.5, 0.6) is 0 Å². The van der Waals surface area contributed by atoms with Crippen LogP contribution < -0.4 is 5.32 Å². The summed E-state index contributed by atoms with van der Waals surface area (Å²) >= 11 is 0. The molecule has 0 spiro atoms. The van der Waals surface area contributed by atoms with E-state index in [0.29, 0.717) is 5.92 Å². The Morgan fingerprint density at radius 1 is 1.38 bits per heavy atom. The summed E-state index contributed by atoms with van der Waals surface area (Å²) in [6.45, 7) is 10.3. The number of furan rings is 1. The third-order valence-electron chi connectivity index (χ3n) is 4.99. The van der Waals surface area contributed by atoms with Crippen molar-refractivity contribution >= 4 is 0 Å². The number of piperidine rings is 1. The van der Waals surface area contributed by atoms with Crippen molar-refractivity contribution in [3.05, 3.63) is 23.7 Å². The number of nitrogens with one attached hydrogen (secondary N) is 1. The summed E-state index contributed by atoms with van der Waals surface area (Å²) in [7, 11) is 0. The fourth-order valence-electron chi connectivity index (χ4n) is 3.61. The molecule has 2 heterocycles. The zero-order valence-electron chi connectivity index (χ0n) is 13.6. The molecule has 1 N–H and O–H groups in total. The normalized spacial score (nSPS) is 29.0. The Labute approximate surface area is 129 Å². The minimum atomic E-state index is 0.695. The van der Waals surface area contributed by atoms with Crippen molar-refractivity contribution in [1.29, 1.82) is 0 Å². The predicted octanol–water partition coefficient (Wildman–Crippen LogP) is 3.61. The standard InChI is InChI=1S/C18H30N2O/c1-3-9-20(12-15-5-4-8-19-11-15)13-16-6-7-18(21-16)17-10-14(17)2/h6-7,14-15,17,19H,3-5,8-13H2,1-2H3. The molecule has 2 aliphatic rings. The van der Waals surface area contributed by atoms with E-state index in [1.807, 2.05) is 0 Å². The Balaban J connectivity index is 1.54. The topological polar surface area (TPSA) is 28.4 Å². The quantitative estimate of drug-likeness (QED) is 0.831. The molecule has 0 radical (unpaired) electrons. The van der Waals surface area contributed by atoms with Gasteiger partial charge in [-0.3, -0.25) is 4.90 Å². The summed E-state index contributed by atoms with van der Waals surface area (Å²) in [4.78, 5) is 2.58. The predicted molar refractivity (Wildman–Crippen MR) is 86.4 cm³/mol. The van der Waals surface area contributed by atoms with Crippen LogP contribution in [-0.2, 0) is 6.54 Å². The van der Waals surface area contributed by atoms with Gasteiger partial charge in [-0.1, -0.05) is 13.8 Å². The monoisotopic (exact) mass is 290 g/mol. The summed E-state index contributed by atoms with van der Waals surface area (Å²) in [6, 6.07) is 4.40. The molecule has 2 fully saturated rings. The van der Waals surface area contributed by atoms with Gasteiger partial charge in [0, 0.05) is 12.5 Å². The van der Waals surface area contributed by atoms with Crippen molar-refractivity contribution in [2.24, 2.45) is 11.8 Å². The van der Waals surface area contributed by atoms with Crippen LogP contribution in [0.15, 0.2) is 16.5 Å². The van der Waals surface area contributed by atoms with Crippen molar-refractivity contribution in [1.82, 2.24) is 10.2 Å². The average molecular weight is 290 g/mol. The Morgan fingerprint density at radius 2 is 2.24 bits per heavy atom. The second-order valence-electron chi connectivity index (χ2n) is 7.07. The first-order chi connectivity index (χ1) is 10.3. The zero-order chi connectivity index (χ0) is 14.7. The van der Waals surface area contributed by atoms with Crippen LogP contribution >= 0.6 is 0 Å². The number of hydrogen-bond acceptors (Lipinski definition) is 3. The molecule has 0 bridgehead atoms. The van der Waals surface area contributed by atoms with Crippen molar-refractivity contribution in [3.8, 4) is 0 Å². The van der Waals surface area contributed by atoms with Crippen LogP contribution in [0, 0.1) is 11.8 Å². The molecule has 118 valence electrons. The molecule has 3 heteroatoms. The fourth-order valence-corrected chi connectivity index (χ4v) is 3.61. The summed E-state index contributed by atoms with van der Waals surface area (Å²) in [5, 5.41) is 3.53. The van der Waals surface area contributed by atoms with Gasteiger partial charge >= 0.3 is 0 Å². The largest absolute Gasteiger partial charge is 0.464 e. The number of rotatable bonds is 7. The molecule has 0 aromatic carbocycles. The van der Waals surface area contributed by atoms with E-state index in [1.165, 1.54) is 57.6 Å². The highest BCUT2D eigenvalue weighted by atomic mass is 16.3. The molecule has 1 aliphatic heterocycles. The van der Waals surface area contributed by atoms with Crippen LogP contribution in [0.4, 0.5) is 0 Å². The van der Waals surface area contributed by atoms with Gasteiger partial charge < -0.3 is 9.73 Å². The highest BCUT2D eigenvalue weighted by Crippen LogP contribution is 2.47. The molecule has 1 aromatic rings. The highest BCUT2D eigenvalue weighted by Gasteiger charge is 2.36. The molecule has 21 heavy (non-hydrogen) atoms. The van der Waals surface area contributed by atoms with Gasteiger partial charge in [-0.25, -0.2) is 0 Å². The lowest BCUT2D eigenvalue weighted by atomic mass is 9.99. The molecule has 3 rings (SSSR count).